The number of carbonyl (C=O) groups excluding carboxylic acids is 1. The van der Waals surface area contributed by atoms with E-state index < -0.39 is 29.1 Å². The van der Waals surface area contributed by atoms with Crippen LogP contribution >= 0.6 is 23.2 Å². The predicted molar refractivity (Wildman–Crippen MR) is 110 cm³/mol. The average Bonchev–Trinajstić information content (AvgIpc) is 2.58. The SMILES string of the molecule is CC(C)(C)OC(=O)NC(c1ccc(Cl)cc1)C(C)(C(=O)O)c1cccc(Cl)c1. The number of amides is 1. The van der Waals surface area contributed by atoms with Gasteiger partial charge in [0, 0.05) is 10.0 Å². The summed E-state index contributed by atoms with van der Waals surface area (Å²) in [5, 5.41) is 13.8. The normalized spacial score (nSPS) is 14.6. The third-order valence-electron chi connectivity index (χ3n) is 4.31. The lowest BCUT2D eigenvalue weighted by molar-refractivity contribution is -0.144. The summed E-state index contributed by atoms with van der Waals surface area (Å²) in [7, 11) is 0. The molecule has 5 nitrogen and oxygen atoms in total. The maximum Gasteiger partial charge on any atom is 0.408 e. The van der Waals surface area contributed by atoms with E-state index in [-0.39, 0.29) is 0 Å². The van der Waals surface area contributed by atoms with Gasteiger partial charge in [-0.05, 0) is 63.1 Å². The number of rotatable bonds is 5. The first-order chi connectivity index (χ1) is 12.9. The fourth-order valence-electron chi connectivity index (χ4n) is 2.87. The molecule has 0 aromatic heterocycles. The molecule has 28 heavy (non-hydrogen) atoms. The first-order valence-electron chi connectivity index (χ1n) is 8.68. The van der Waals surface area contributed by atoms with Crippen LogP contribution in [0.15, 0.2) is 48.5 Å². The number of hydrogen-bond donors (Lipinski definition) is 2. The van der Waals surface area contributed by atoms with Crippen LogP contribution in [0, 0.1) is 0 Å². The van der Waals surface area contributed by atoms with Crippen molar-refractivity contribution >= 4 is 35.3 Å². The summed E-state index contributed by atoms with van der Waals surface area (Å²) in [5.41, 5.74) is -1.23. The molecule has 7 heteroatoms. The van der Waals surface area contributed by atoms with Crippen LogP contribution in [0.1, 0.15) is 44.9 Å². The van der Waals surface area contributed by atoms with Gasteiger partial charge in [0.05, 0.1) is 6.04 Å². The van der Waals surface area contributed by atoms with E-state index in [0.717, 1.165) is 0 Å². The monoisotopic (exact) mass is 423 g/mol. The molecule has 0 spiro atoms. The van der Waals surface area contributed by atoms with Crippen LogP contribution < -0.4 is 5.32 Å². The molecule has 2 atom stereocenters. The molecular weight excluding hydrogens is 401 g/mol. The van der Waals surface area contributed by atoms with Crippen LogP contribution in [0.25, 0.3) is 0 Å². The molecule has 0 radical (unpaired) electrons. The minimum absolute atomic E-state index is 0.400. The molecule has 2 aromatic rings. The Bertz CT molecular complexity index is 861. The molecule has 0 saturated carbocycles. The number of benzene rings is 2. The minimum Gasteiger partial charge on any atom is -0.481 e. The molecule has 2 unspecified atom stereocenters. The van der Waals surface area contributed by atoms with E-state index in [9.17, 15) is 14.7 Å². The maximum atomic E-state index is 12.5. The molecule has 0 bridgehead atoms. The van der Waals surface area contributed by atoms with Crippen molar-refractivity contribution in [1.82, 2.24) is 5.32 Å². The zero-order valence-corrected chi connectivity index (χ0v) is 17.6. The lowest BCUT2D eigenvalue weighted by Gasteiger charge is -2.36. The Balaban J connectivity index is 2.58. The predicted octanol–water partition coefficient (Wildman–Crippen LogP) is 5.60. The fourth-order valence-corrected chi connectivity index (χ4v) is 3.18. The van der Waals surface area contributed by atoms with Crippen molar-refractivity contribution in [2.45, 2.75) is 44.8 Å². The molecule has 0 saturated heterocycles. The van der Waals surface area contributed by atoms with Gasteiger partial charge in [-0.25, -0.2) is 4.79 Å². The summed E-state index contributed by atoms with van der Waals surface area (Å²) in [6, 6.07) is 12.3. The Labute approximate surface area is 174 Å². The maximum absolute atomic E-state index is 12.5. The van der Waals surface area contributed by atoms with Crippen molar-refractivity contribution in [2.24, 2.45) is 0 Å². The van der Waals surface area contributed by atoms with Crippen molar-refractivity contribution in [3.63, 3.8) is 0 Å². The van der Waals surface area contributed by atoms with E-state index in [4.69, 9.17) is 27.9 Å². The Kier molecular flexibility index (Phi) is 6.63. The van der Waals surface area contributed by atoms with Crippen molar-refractivity contribution in [2.75, 3.05) is 0 Å². The second kappa shape index (κ2) is 8.41. The molecule has 2 rings (SSSR count). The van der Waals surface area contributed by atoms with Gasteiger partial charge in [-0.2, -0.15) is 0 Å². The summed E-state index contributed by atoms with van der Waals surface area (Å²) < 4.78 is 5.35. The van der Waals surface area contributed by atoms with Crippen LogP contribution in [0.4, 0.5) is 4.79 Å². The first kappa shape index (κ1) is 22.1. The molecule has 0 aliphatic rings. The zero-order chi connectivity index (χ0) is 21.1. The molecule has 0 aliphatic carbocycles. The lowest BCUT2D eigenvalue weighted by Crippen LogP contribution is -2.48. The Hall–Kier alpha value is -2.24. The highest BCUT2D eigenvalue weighted by atomic mass is 35.5. The summed E-state index contributed by atoms with van der Waals surface area (Å²) >= 11 is 12.1. The number of hydrogen-bond acceptors (Lipinski definition) is 3. The van der Waals surface area contributed by atoms with Crippen LogP contribution in [0.3, 0.4) is 0 Å². The van der Waals surface area contributed by atoms with E-state index in [2.05, 4.69) is 5.32 Å². The fraction of sp³-hybridized carbons (Fsp3) is 0.333. The quantitative estimate of drug-likeness (QED) is 0.655. The number of nitrogens with one attached hydrogen (secondary N) is 1. The largest absolute Gasteiger partial charge is 0.481 e. The van der Waals surface area contributed by atoms with Crippen molar-refractivity contribution in [3.8, 4) is 0 Å². The molecule has 2 aromatic carbocycles. The summed E-state index contributed by atoms with van der Waals surface area (Å²) in [5.74, 6) is -1.12. The molecule has 2 N–H and O–H groups in total. The Morgan fingerprint density at radius 3 is 2.11 bits per heavy atom. The summed E-state index contributed by atoms with van der Waals surface area (Å²) in [6.07, 6.45) is -0.720. The van der Waals surface area contributed by atoms with Crippen LogP contribution in [0.2, 0.25) is 10.0 Å². The van der Waals surface area contributed by atoms with Gasteiger partial charge >= 0.3 is 12.1 Å². The van der Waals surface area contributed by atoms with Gasteiger partial charge < -0.3 is 15.2 Å². The van der Waals surface area contributed by atoms with Gasteiger partial charge in [-0.1, -0.05) is 47.5 Å². The van der Waals surface area contributed by atoms with E-state index in [1.165, 1.54) is 6.92 Å². The number of carboxylic acid groups (broad SMARTS) is 1. The standard InChI is InChI=1S/C21H23Cl2NO4/c1-20(2,3)28-19(27)24-17(13-8-10-15(22)11-9-13)21(4,18(25)26)14-6-5-7-16(23)12-14/h5-12,17H,1-4H3,(H,24,27)(H,25,26). The number of aliphatic carboxylic acids is 1. The van der Waals surface area contributed by atoms with Crippen LogP contribution in [0.5, 0.6) is 0 Å². The number of carbonyl (C=O) groups is 2. The van der Waals surface area contributed by atoms with E-state index in [0.29, 0.717) is 21.2 Å². The van der Waals surface area contributed by atoms with Crippen LogP contribution in [-0.2, 0) is 14.9 Å². The van der Waals surface area contributed by atoms with Crippen molar-refractivity contribution < 1.29 is 19.4 Å². The van der Waals surface area contributed by atoms with Crippen LogP contribution in [-0.4, -0.2) is 22.8 Å². The summed E-state index contributed by atoms with van der Waals surface area (Å²) in [6.45, 7) is 6.74. The van der Waals surface area contributed by atoms with E-state index in [1.807, 2.05) is 0 Å². The third-order valence-corrected chi connectivity index (χ3v) is 4.80. The number of ether oxygens (including phenoxy) is 1. The lowest BCUT2D eigenvalue weighted by atomic mass is 9.73. The van der Waals surface area contributed by atoms with E-state index in [1.54, 1.807) is 69.3 Å². The topological polar surface area (TPSA) is 75.6 Å². The zero-order valence-electron chi connectivity index (χ0n) is 16.1. The Morgan fingerprint density at radius 2 is 1.61 bits per heavy atom. The van der Waals surface area contributed by atoms with Crippen molar-refractivity contribution in [3.05, 3.63) is 69.7 Å². The van der Waals surface area contributed by atoms with Gasteiger partial charge in [0.15, 0.2) is 0 Å². The smallest absolute Gasteiger partial charge is 0.408 e. The van der Waals surface area contributed by atoms with Gasteiger partial charge in [-0.3, -0.25) is 4.79 Å². The number of carboxylic acids is 1. The highest BCUT2D eigenvalue weighted by Crippen LogP contribution is 2.39. The third kappa shape index (κ3) is 5.18. The number of alkyl carbamates (subject to hydrolysis) is 1. The molecular formula is C21H23Cl2NO4. The molecule has 150 valence electrons. The molecule has 0 fully saturated rings. The van der Waals surface area contributed by atoms with Gasteiger partial charge in [0.25, 0.3) is 0 Å². The molecule has 1 amide bonds. The first-order valence-corrected chi connectivity index (χ1v) is 9.43. The second-order valence-corrected chi connectivity index (χ2v) is 8.52. The highest BCUT2D eigenvalue weighted by molar-refractivity contribution is 6.30. The highest BCUT2D eigenvalue weighted by Gasteiger charge is 2.45. The molecule has 0 aliphatic heterocycles. The summed E-state index contributed by atoms with van der Waals surface area (Å²) in [4.78, 5) is 24.9. The second-order valence-electron chi connectivity index (χ2n) is 7.65. The Morgan fingerprint density at radius 1 is 1.00 bits per heavy atom. The average molecular weight is 424 g/mol. The van der Waals surface area contributed by atoms with Crippen molar-refractivity contribution in [1.29, 1.82) is 0 Å². The number of halogens is 2. The molecule has 0 heterocycles. The minimum atomic E-state index is -1.52. The van der Waals surface area contributed by atoms with Gasteiger partial charge in [0.2, 0.25) is 0 Å². The van der Waals surface area contributed by atoms with Gasteiger partial charge in [0.1, 0.15) is 11.0 Å². The van der Waals surface area contributed by atoms with E-state index >= 15 is 0 Å². The van der Waals surface area contributed by atoms with Gasteiger partial charge in [-0.15, -0.1) is 0 Å².